The van der Waals surface area contributed by atoms with Gasteiger partial charge in [0, 0.05) is 5.56 Å². The van der Waals surface area contributed by atoms with Crippen LogP contribution >= 0.6 is 38.6 Å². The molecule has 0 aliphatic heterocycles. The largest absolute Gasteiger partial charge is 0.234 e. The monoisotopic (exact) mass is 372 g/mol. The molecule has 0 aliphatic rings. The Morgan fingerprint density at radius 2 is 1.52 bits per heavy atom. The van der Waals surface area contributed by atoms with Crippen LogP contribution in [0.5, 0.6) is 0 Å². The van der Waals surface area contributed by atoms with Crippen LogP contribution in [0.15, 0.2) is 58.4 Å². The Morgan fingerprint density at radius 1 is 0.762 bits per heavy atom. The van der Waals surface area contributed by atoms with E-state index in [1.807, 2.05) is 36.4 Å². The van der Waals surface area contributed by atoms with Crippen LogP contribution in [-0.4, -0.2) is 9.97 Å². The Labute approximate surface area is 138 Å². The summed E-state index contributed by atoms with van der Waals surface area (Å²) < 4.78 is 2.22. The molecule has 0 atom stereocenters. The molecule has 2 nitrogen and oxygen atoms in total. The van der Waals surface area contributed by atoms with Gasteiger partial charge in [-0.2, -0.15) is 0 Å². The van der Waals surface area contributed by atoms with E-state index >= 15 is 0 Å². The van der Waals surface area contributed by atoms with Crippen molar-refractivity contribution in [2.45, 2.75) is 0 Å². The normalized spacial score (nSPS) is 11.1. The third-order valence-corrected chi connectivity index (χ3v) is 5.90. The molecule has 0 unspecified atom stereocenters. The van der Waals surface area contributed by atoms with Crippen molar-refractivity contribution >= 4 is 48.8 Å². The molecule has 2 aromatic heterocycles. The average molecular weight is 373 g/mol. The Bertz CT molecular complexity index is 879. The number of rotatable bonds is 2. The van der Waals surface area contributed by atoms with E-state index in [0.29, 0.717) is 0 Å². The Morgan fingerprint density at radius 3 is 2.33 bits per heavy atom. The first-order chi connectivity index (χ1) is 10.3. The highest BCUT2D eigenvalue weighted by Gasteiger charge is 2.15. The number of thiazole rings is 2. The SMILES string of the molecule is Brc1sc(-c2ccccc2)nc1-c1nc2ccccc2s1. The molecular weight excluding hydrogens is 364 g/mol. The maximum atomic E-state index is 4.77. The number of nitrogens with zero attached hydrogens (tertiary/aromatic N) is 2. The van der Waals surface area contributed by atoms with E-state index in [1.165, 1.54) is 4.70 Å². The van der Waals surface area contributed by atoms with Crippen LogP contribution in [0.1, 0.15) is 0 Å². The fourth-order valence-electron chi connectivity index (χ4n) is 2.11. The van der Waals surface area contributed by atoms with Crippen LogP contribution in [-0.2, 0) is 0 Å². The van der Waals surface area contributed by atoms with Gasteiger partial charge in [-0.15, -0.1) is 22.7 Å². The second-order valence-electron chi connectivity index (χ2n) is 4.49. The lowest BCUT2D eigenvalue weighted by Crippen LogP contribution is -1.78. The van der Waals surface area contributed by atoms with Gasteiger partial charge in [-0.1, -0.05) is 42.5 Å². The molecule has 5 heteroatoms. The van der Waals surface area contributed by atoms with Gasteiger partial charge in [0.2, 0.25) is 0 Å². The molecule has 0 saturated carbocycles. The van der Waals surface area contributed by atoms with Crippen LogP contribution in [0.3, 0.4) is 0 Å². The summed E-state index contributed by atoms with van der Waals surface area (Å²) in [5.41, 5.74) is 3.09. The molecule has 0 spiro atoms. The van der Waals surface area contributed by atoms with Crippen molar-refractivity contribution in [3.05, 3.63) is 58.4 Å². The number of aromatic nitrogens is 2. The van der Waals surface area contributed by atoms with Crippen molar-refractivity contribution < 1.29 is 0 Å². The maximum Gasteiger partial charge on any atom is 0.145 e. The molecule has 4 rings (SSSR count). The van der Waals surface area contributed by atoms with Crippen molar-refractivity contribution in [1.82, 2.24) is 9.97 Å². The predicted molar refractivity (Wildman–Crippen MR) is 93.9 cm³/mol. The lowest BCUT2D eigenvalue weighted by molar-refractivity contribution is 1.36. The Kier molecular flexibility index (Phi) is 3.33. The molecule has 2 heterocycles. The zero-order valence-corrected chi connectivity index (χ0v) is 14.0. The molecule has 0 amide bonds. The fraction of sp³-hybridized carbons (Fsp3) is 0. The first kappa shape index (κ1) is 13.1. The van der Waals surface area contributed by atoms with Gasteiger partial charge in [-0.05, 0) is 28.1 Å². The molecule has 0 N–H and O–H groups in total. The number of halogens is 1. The molecule has 0 bridgehead atoms. The van der Waals surface area contributed by atoms with Gasteiger partial charge >= 0.3 is 0 Å². The molecule has 0 aliphatic carbocycles. The summed E-state index contributed by atoms with van der Waals surface area (Å²) in [5.74, 6) is 0. The van der Waals surface area contributed by atoms with E-state index in [1.54, 1.807) is 22.7 Å². The highest BCUT2D eigenvalue weighted by Crippen LogP contribution is 2.40. The standard InChI is InChI=1S/C16H9BrN2S2/c17-14-13(16-18-11-8-4-5-9-12(11)20-16)19-15(21-14)10-6-2-1-3-7-10/h1-9H. The number of hydrogen-bond acceptors (Lipinski definition) is 4. The van der Waals surface area contributed by atoms with E-state index in [9.17, 15) is 0 Å². The molecule has 0 saturated heterocycles. The Hall–Kier alpha value is -1.56. The van der Waals surface area contributed by atoms with E-state index < -0.39 is 0 Å². The van der Waals surface area contributed by atoms with E-state index in [0.717, 1.165) is 30.6 Å². The second-order valence-corrected chi connectivity index (χ2v) is 7.84. The summed E-state index contributed by atoms with van der Waals surface area (Å²) >= 11 is 6.95. The minimum absolute atomic E-state index is 0.931. The summed E-state index contributed by atoms with van der Waals surface area (Å²) in [4.78, 5) is 9.45. The third-order valence-electron chi connectivity index (χ3n) is 3.10. The van der Waals surface area contributed by atoms with Crippen molar-refractivity contribution in [1.29, 1.82) is 0 Å². The molecule has 0 radical (unpaired) electrons. The zero-order chi connectivity index (χ0) is 14.2. The summed E-state index contributed by atoms with van der Waals surface area (Å²) in [6, 6.07) is 18.4. The van der Waals surface area contributed by atoms with Crippen LogP contribution in [0.25, 0.3) is 31.5 Å². The summed E-state index contributed by atoms with van der Waals surface area (Å²) in [7, 11) is 0. The van der Waals surface area contributed by atoms with Gasteiger partial charge in [0.05, 0.1) is 10.2 Å². The maximum absolute atomic E-state index is 4.77. The second kappa shape index (κ2) is 5.33. The predicted octanol–water partition coefficient (Wildman–Crippen LogP) is 5.85. The molecule has 2 aromatic carbocycles. The smallest absolute Gasteiger partial charge is 0.145 e. The van der Waals surface area contributed by atoms with Gasteiger partial charge in [-0.3, -0.25) is 0 Å². The van der Waals surface area contributed by atoms with E-state index in [2.05, 4.69) is 39.1 Å². The van der Waals surface area contributed by atoms with Crippen molar-refractivity contribution in [3.8, 4) is 21.3 Å². The van der Waals surface area contributed by atoms with Crippen LogP contribution in [0.2, 0.25) is 0 Å². The number of hydrogen-bond donors (Lipinski definition) is 0. The van der Waals surface area contributed by atoms with Gasteiger partial charge < -0.3 is 0 Å². The van der Waals surface area contributed by atoms with Crippen molar-refractivity contribution in [2.24, 2.45) is 0 Å². The first-order valence-corrected chi connectivity index (χ1v) is 8.81. The highest BCUT2D eigenvalue weighted by molar-refractivity contribution is 9.11. The van der Waals surface area contributed by atoms with E-state index in [-0.39, 0.29) is 0 Å². The summed E-state index contributed by atoms with van der Waals surface area (Å²) in [6.07, 6.45) is 0. The topological polar surface area (TPSA) is 25.8 Å². The first-order valence-electron chi connectivity index (χ1n) is 6.39. The van der Waals surface area contributed by atoms with E-state index in [4.69, 9.17) is 4.98 Å². The van der Waals surface area contributed by atoms with Crippen LogP contribution < -0.4 is 0 Å². The lowest BCUT2D eigenvalue weighted by Gasteiger charge is -1.93. The molecule has 0 fully saturated rings. The number of benzene rings is 2. The third kappa shape index (κ3) is 2.41. The lowest BCUT2D eigenvalue weighted by atomic mass is 10.2. The quantitative estimate of drug-likeness (QED) is 0.441. The molecule has 102 valence electrons. The number of para-hydroxylation sites is 1. The highest BCUT2D eigenvalue weighted by atomic mass is 79.9. The fourth-order valence-corrected chi connectivity index (χ4v) is 4.80. The summed E-state index contributed by atoms with van der Waals surface area (Å²) in [6.45, 7) is 0. The van der Waals surface area contributed by atoms with Crippen LogP contribution in [0, 0.1) is 0 Å². The Balaban J connectivity index is 1.84. The zero-order valence-electron chi connectivity index (χ0n) is 10.8. The van der Waals surface area contributed by atoms with Gasteiger partial charge in [0.15, 0.2) is 0 Å². The molecule has 4 aromatic rings. The van der Waals surface area contributed by atoms with Crippen molar-refractivity contribution in [2.75, 3.05) is 0 Å². The van der Waals surface area contributed by atoms with Gasteiger partial charge in [0.25, 0.3) is 0 Å². The minimum atomic E-state index is 0.931. The molecule has 21 heavy (non-hydrogen) atoms. The van der Waals surface area contributed by atoms with Crippen molar-refractivity contribution in [3.63, 3.8) is 0 Å². The number of fused-ring (bicyclic) bond motifs is 1. The van der Waals surface area contributed by atoms with Crippen LogP contribution in [0.4, 0.5) is 0 Å². The average Bonchev–Trinajstić information content (AvgIpc) is 3.11. The van der Waals surface area contributed by atoms with Gasteiger partial charge in [-0.25, -0.2) is 9.97 Å². The molecular formula is C16H9BrN2S2. The van der Waals surface area contributed by atoms with Gasteiger partial charge in [0.1, 0.15) is 19.5 Å². The summed E-state index contributed by atoms with van der Waals surface area (Å²) in [5, 5.41) is 1.97. The minimum Gasteiger partial charge on any atom is -0.234 e.